The Morgan fingerprint density at radius 3 is 2.83 bits per heavy atom. The van der Waals surface area contributed by atoms with Gasteiger partial charge >= 0.3 is 6.09 Å². The minimum absolute atomic E-state index is 0.322. The lowest BCUT2D eigenvalue weighted by atomic mass is 10.1. The van der Waals surface area contributed by atoms with Crippen LogP contribution in [-0.4, -0.2) is 33.1 Å². The lowest BCUT2D eigenvalue weighted by molar-refractivity contribution is 0.0219. The zero-order chi connectivity index (χ0) is 13.3. The van der Waals surface area contributed by atoms with Crippen molar-refractivity contribution >= 4 is 11.9 Å². The number of carbonyl (C=O) groups is 1. The zero-order valence-electron chi connectivity index (χ0n) is 10.9. The number of ether oxygens (including phenoxy) is 1. The molecular weight excluding hydrogens is 232 g/mol. The molecule has 0 atom stereocenters. The first-order chi connectivity index (χ1) is 8.35. The molecule has 2 N–H and O–H groups in total. The predicted octanol–water partition coefficient (Wildman–Crippen LogP) is 1.35. The van der Waals surface area contributed by atoms with Crippen LogP contribution in [0, 0.1) is 0 Å². The van der Waals surface area contributed by atoms with E-state index >= 15 is 0 Å². The average Bonchev–Trinajstić information content (AvgIpc) is 2.25. The van der Waals surface area contributed by atoms with Crippen LogP contribution in [0.15, 0.2) is 6.20 Å². The molecule has 1 aliphatic rings. The number of hydrogen-bond donors (Lipinski definition) is 1. The van der Waals surface area contributed by atoms with Crippen molar-refractivity contribution in [1.82, 2.24) is 14.9 Å². The van der Waals surface area contributed by atoms with Crippen LogP contribution in [0.5, 0.6) is 0 Å². The van der Waals surface area contributed by atoms with Crippen molar-refractivity contribution in [2.24, 2.45) is 0 Å². The maximum atomic E-state index is 11.9. The standard InChI is InChI=1S/C12H18N4O2/c1-12(2,3)18-11(17)16-5-4-8-9(7-16)15-10(13)6-14-8/h6H,4-5,7H2,1-3H3,(H2,13,15). The number of fused-ring (bicyclic) bond motifs is 1. The molecule has 6 heteroatoms. The van der Waals surface area contributed by atoms with Crippen molar-refractivity contribution in [3.63, 3.8) is 0 Å². The third kappa shape index (κ3) is 2.88. The summed E-state index contributed by atoms with van der Waals surface area (Å²) in [5.74, 6) is 0.375. The van der Waals surface area contributed by atoms with E-state index in [2.05, 4.69) is 9.97 Å². The van der Waals surface area contributed by atoms with E-state index < -0.39 is 5.60 Å². The first-order valence-electron chi connectivity index (χ1n) is 5.93. The molecule has 98 valence electrons. The van der Waals surface area contributed by atoms with Gasteiger partial charge in [0, 0.05) is 13.0 Å². The zero-order valence-corrected chi connectivity index (χ0v) is 10.9. The van der Waals surface area contributed by atoms with E-state index in [0.29, 0.717) is 25.3 Å². The van der Waals surface area contributed by atoms with Gasteiger partial charge in [0.15, 0.2) is 0 Å². The quantitative estimate of drug-likeness (QED) is 0.751. The molecule has 6 nitrogen and oxygen atoms in total. The third-order valence-corrected chi connectivity index (χ3v) is 2.56. The smallest absolute Gasteiger partial charge is 0.410 e. The normalized spacial score (nSPS) is 15.2. The Bertz CT molecular complexity index is 468. The van der Waals surface area contributed by atoms with E-state index in [1.165, 1.54) is 0 Å². The van der Waals surface area contributed by atoms with Crippen molar-refractivity contribution in [1.29, 1.82) is 0 Å². The fraction of sp³-hybridized carbons (Fsp3) is 0.583. The Balaban J connectivity index is 2.09. The van der Waals surface area contributed by atoms with Crippen molar-refractivity contribution < 1.29 is 9.53 Å². The van der Waals surface area contributed by atoms with Gasteiger partial charge in [-0.05, 0) is 20.8 Å². The Hall–Kier alpha value is -1.85. The number of nitrogens with zero attached hydrogens (tertiary/aromatic N) is 3. The van der Waals surface area contributed by atoms with Gasteiger partial charge in [0.1, 0.15) is 11.4 Å². The third-order valence-electron chi connectivity index (χ3n) is 2.56. The minimum Gasteiger partial charge on any atom is -0.444 e. The van der Waals surface area contributed by atoms with Gasteiger partial charge < -0.3 is 15.4 Å². The second-order valence-corrected chi connectivity index (χ2v) is 5.34. The highest BCUT2D eigenvalue weighted by Gasteiger charge is 2.26. The molecule has 0 aliphatic carbocycles. The molecule has 1 aromatic rings. The van der Waals surface area contributed by atoms with Gasteiger partial charge in [-0.15, -0.1) is 0 Å². The summed E-state index contributed by atoms with van der Waals surface area (Å²) >= 11 is 0. The number of nitrogens with two attached hydrogens (primary N) is 1. The second kappa shape index (κ2) is 4.44. The second-order valence-electron chi connectivity index (χ2n) is 5.34. The largest absolute Gasteiger partial charge is 0.444 e. The van der Waals surface area contributed by atoms with Crippen molar-refractivity contribution in [3.05, 3.63) is 17.6 Å². The Morgan fingerprint density at radius 1 is 1.44 bits per heavy atom. The molecular formula is C12H18N4O2. The number of carbonyl (C=O) groups excluding carboxylic acids is 1. The van der Waals surface area contributed by atoms with E-state index in [1.807, 2.05) is 20.8 Å². The van der Waals surface area contributed by atoms with Gasteiger partial charge in [0.25, 0.3) is 0 Å². The molecule has 1 aliphatic heterocycles. The molecule has 1 amide bonds. The van der Waals surface area contributed by atoms with Crippen molar-refractivity contribution in [3.8, 4) is 0 Å². The summed E-state index contributed by atoms with van der Waals surface area (Å²) in [6.45, 7) is 6.55. The maximum absolute atomic E-state index is 11.9. The van der Waals surface area contributed by atoms with Crippen LogP contribution in [0.4, 0.5) is 10.6 Å². The maximum Gasteiger partial charge on any atom is 0.410 e. The number of rotatable bonds is 0. The van der Waals surface area contributed by atoms with E-state index in [0.717, 1.165) is 11.4 Å². The fourth-order valence-electron chi connectivity index (χ4n) is 1.79. The minimum atomic E-state index is -0.487. The SMILES string of the molecule is CC(C)(C)OC(=O)N1CCc2ncc(N)nc2C1. The van der Waals surface area contributed by atoms with Crippen molar-refractivity contribution in [2.75, 3.05) is 12.3 Å². The van der Waals surface area contributed by atoms with Gasteiger partial charge in [-0.2, -0.15) is 0 Å². The van der Waals surface area contributed by atoms with Crippen LogP contribution in [0.1, 0.15) is 32.2 Å². The van der Waals surface area contributed by atoms with E-state index in [-0.39, 0.29) is 6.09 Å². The number of anilines is 1. The van der Waals surface area contributed by atoms with Crippen LogP contribution in [0.2, 0.25) is 0 Å². The molecule has 0 aromatic carbocycles. The molecule has 0 spiro atoms. The Labute approximate surface area is 106 Å². The lowest BCUT2D eigenvalue weighted by Gasteiger charge is -2.30. The highest BCUT2D eigenvalue weighted by atomic mass is 16.6. The highest BCUT2D eigenvalue weighted by Crippen LogP contribution is 2.18. The first-order valence-corrected chi connectivity index (χ1v) is 5.93. The van der Waals surface area contributed by atoms with Crippen LogP contribution < -0.4 is 5.73 Å². The summed E-state index contributed by atoms with van der Waals surface area (Å²) in [6, 6.07) is 0. The van der Waals surface area contributed by atoms with E-state index in [4.69, 9.17) is 10.5 Å². The predicted molar refractivity (Wildman–Crippen MR) is 66.8 cm³/mol. The van der Waals surface area contributed by atoms with Crippen LogP contribution in [0.3, 0.4) is 0 Å². The summed E-state index contributed by atoms with van der Waals surface area (Å²) in [5, 5.41) is 0. The lowest BCUT2D eigenvalue weighted by Crippen LogP contribution is -2.40. The summed E-state index contributed by atoms with van der Waals surface area (Å²) in [6.07, 6.45) is 1.90. The monoisotopic (exact) mass is 250 g/mol. The van der Waals surface area contributed by atoms with Gasteiger partial charge in [-0.3, -0.25) is 4.98 Å². The number of hydrogen-bond acceptors (Lipinski definition) is 5. The summed E-state index contributed by atoms with van der Waals surface area (Å²) in [4.78, 5) is 22.0. The number of nitrogen functional groups attached to an aromatic ring is 1. The number of amides is 1. The highest BCUT2D eigenvalue weighted by molar-refractivity contribution is 5.68. The van der Waals surface area contributed by atoms with Crippen LogP contribution in [0.25, 0.3) is 0 Å². The Kier molecular flexibility index (Phi) is 3.11. The molecule has 0 fully saturated rings. The number of aromatic nitrogens is 2. The first kappa shape index (κ1) is 12.6. The summed E-state index contributed by atoms with van der Waals surface area (Å²) in [5.41, 5.74) is 6.77. The molecule has 0 bridgehead atoms. The Morgan fingerprint density at radius 2 is 2.17 bits per heavy atom. The van der Waals surface area contributed by atoms with Crippen LogP contribution >= 0.6 is 0 Å². The van der Waals surface area contributed by atoms with Gasteiger partial charge in [-0.1, -0.05) is 0 Å². The average molecular weight is 250 g/mol. The molecule has 0 saturated carbocycles. The molecule has 2 heterocycles. The molecule has 0 saturated heterocycles. The van der Waals surface area contributed by atoms with Crippen LogP contribution in [-0.2, 0) is 17.7 Å². The van der Waals surface area contributed by atoms with Gasteiger partial charge in [0.05, 0.1) is 24.1 Å². The van der Waals surface area contributed by atoms with E-state index in [9.17, 15) is 4.79 Å². The summed E-state index contributed by atoms with van der Waals surface area (Å²) < 4.78 is 5.33. The van der Waals surface area contributed by atoms with Gasteiger partial charge in [-0.25, -0.2) is 9.78 Å². The molecule has 18 heavy (non-hydrogen) atoms. The molecule has 1 aromatic heterocycles. The van der Waals surface area contributed by atoms with Crippen molar-refractivity contribution in [2.45, 2.75) is 39.3 Å². The molecule has 0 unspecified atom stereocenters. The molecule has 2 rings (SSSR count). The fourth-order valence-corrected chi connectivity index (χ4v) is 1.79. The summed E-state index contributed by atoms with van der Waals surface area (Å²) in [7, 11) is 0. The van der Waals surface area contributed by atoms with E-state index in [1.54, 1.807) is 11.1 Å². The van der Waals surface area contributed by atoms with Gasteiger partial charge in [0.2, 0.25) is 0 Å². The topological polar surface area (TPSA) is 81.3 Å². The molecule has 0 radical (unpaired) electrons.